The fraction of sp³-hybridized carbons (Fsp3) is 0.500. The van der Waals surface area contributed by atoms with E-state index in [0.717, 1.165) is 69.7 Å². The SMILES string of the molecule is Cc1ccc(C(CNCc2ccc3c(c2)CCO3)N2CCOCC2)o1. The lowest BCUT2D eigenvalue weighted by atomic mass is 10.1. The smallest absolute Gasteiger partial charge is 0.122 e. The molecule has 2 aliphatic heterocycles. The lowest BCUT2D eigenvalue weighted by molar-refractivity contribution is 0.0115. The van der Waals surface area contributed by atoms with Gasteiger partial charge < -0.3 is 19.2 Å². The number of aryl methyl sites for hydroxylation is 1. The van der Waals surface area contributed by atoms with Gasteiger partial charge in [0.2, 0.25) is 0 Å². The topological polar surface area (TPSA) is 46.9 Å². The fourth-order valence-electron chi connectivity index (χ4n) is 3.63. The van der Waals surface area contributed by atoms with Crippen molar-refractivity contribution in [3.8, 4) is 5.75 Å². The molecule has 1 N–H and O–H groups in total. The quantitative estimate of drug-likeness (QED) is 0.875. The summed E-state index contributed by atoms with van der Waals surface area (Å²) in [5.74, 6) is 3.04. The highest BCUT2D eigenvalue weighted by Gasteiger charge is 2.24. The van der Waals surface area contributed by atoms with Crippen LogP contribution in [0.1, 0.15) is 28.7 Å². The third-order valence-corrected chi connectivity index (χ3v) is 5.00. The number of hydrogen-bond donors (Lipinski definition) is 1. The molecule has 1 fully saturated rings. The van der Waals surface area contributed by atoms with E-state index in [0.29, 0.717) is 0 Å². The summed E-state index contributed by atoms with van der Waals surface area (Å²) in [4.78, 5) is 2.45. The zero-order valence-electron chi connectivity index (χ0n) is 14.8. The molecule has 2 aliphatic rings. The van der Waals surface area contributed by atoms with E-state index in [2.05, 4.69) is 34.5 Å². The number of ether oxygens (including phenoxy) is 2. The third-order valence-electron chi connectivity index (χ3n) is 5.00. The molecule has 1 aromatic heterocycles. The van der Waals surface area contributed by atoms with E-state index in [1.807, 2.05) is 13.0 Å². The molecule has 25 heavy (non-hydrogen) atoms. The Bertz CT molecular complexity index is 707. The molecule has 1 unspecified atom stereocenters. The van der Waals surface area contributed by atoms with Crippen LogP contribution >= 0.6 is 0 Å². The van der Waals surface area contributed by atoms with Crippen LogP contribution < -0.4 is 10.1 Å². The van der Waals surface area contributed by atoms with Crippen LogP contribution in [0.15, 0.2) is 34.7 Å². The highest BCUT2D eigenvalue weighted by Crippen LogP contribution is 2.26. The Kier molecular flexibility index (Phi) is 5.06. The Morgan fingerprint density at radius 2 is 2.00 bits per heavy atom. The van der Waals surface area contributed by atoms with Gasteiger partial charge in [-0.2, -0.15) is 0 Å². The highest BCUT2D eigenvalue weighted by atomic mass is 16.5. The average Bonchev–Trinajstić information content (AvgIpc) is 3.28. The molecule has 5 heteroatoms. The predicted molar refractivity (Wildman–Crippen MR) is 95.9 cm³/mol. The van der Waals surface area contributed by atoms with Crippen LogP contribution in [0.2, 0.25) is 0 Å². The van der Waals surface area contributed by atoms with E-state index in [4.69, 9.17) is 13.9 Å². The minimum atomic E-state index is 0.246. The standard InChI is InChI=1S/C20H26N2O3/c1-15-2-4-20(25-15)18(22-7-10-23-11-8-22)14-21-13-16-3-5-19-17(12-16)6-9-24-19/h2-5,12,18,21H,6-11,13-14H2,1H3. The zero-order chi connectivity index (χ0) is 17.1. The third kappa shape index (κ3) is 3.89. The van der Waals surface area contributed by atoms with Crippen LogP contribution in [0.3, 0.4) is 0 Å². The maximum atomic E-state index is 5.92. The molecule has 5 nitrogen and oxygen atoms in total. The van der Waals surface area contributed by atoms with E-state index in [1.54, 1.807) is 0 Å². The van der Waals surface area contributed by atoms with E-state index in [9.17, 15) is 0 Å². The zero-order valence-corrected chi connectivity index (χ0v) is 14.8. The van der Waals surface area contributed by atoms with E-state index < -0.39 is 0 Å². The monoisotopic (exact) mass is 342 g/mol. The first-order valence-electron chi connectivity index (χ1n) is 9.13. The number of hydrogen-bond acceptors (Lipinski definition) is 5. The maximum absolute atomic E-state index is 5.92. The molecule has 4 rings (SSSR count). The van der Waals surface area contributed by atoms with Crippen molar-refractivity contribution in [3.63, 3.8) is 0 Å². The molecular weight excluding hydrogens is 316 g/mol. The second-order valence-corrected chi connectivity index (χ2v) is 6.78. The second kappa shape index (κ2) is 7.60. The van der Waals surface area contributed by atoms with Crippen LogP contribution in [0.25, 0.3) is 0 Å². The van der Waals surface area contributed by atoms with Gasteiger partial charge in [-0.25, -0.2) is 0 Å². The Morgan fingerprint density at radius 1 is 1.12 bits per heavy atom. The maximum Gasteiger partial charge on any atom is 0.122 e. The summed E-state index contributed by atoms with van der Waals surface area (Å²) in [5.41, 5.74) is 2.63. The summed E-state index contributed by atoms with van der Waals surface area (Å²) in [6.45, 7) is 8.00. The van der Waals surface area contributed by atoms with E-state index in [1.165, 1.54) is 11.1 Å². The number of morpholine rings is 1. The molecule has 3 heterocycles. The fourth-order valence-corrected chi connectivity index (χ4v) is 3.63. The molecule has 1 saturated heterocycles. The van der Waals surface area contributed by atoms with Crippen LogP contribution in [0, 0.1) is 6.92 Å². The molecule has 2 aromatic rings. The Morgan fingerprint density at radius 3 is 2.80 bits per heavy atom. The van der Waals surface area contributed by atoms with E-state index >= 15 is 0 Å². The summed E-state index contributed by atoms with van der Waals surface area (Å²) < 4.78 is 17.0. The van der Waals surface area contributed by atoms with Crippen molar-refractivity contribution in [2.24, 2.45) is 0 Å². The lowest BCUT2D eigenvalue weighted by Crippen LogP contribution is -2.42. The Balaban J connectivity index is 1.40. The van der Waals surface area contributed by atoms with Gasteiger partial charge in [-0.3, -0.25) is 4.90 Å². The summed E-state index contributed by atoms with van der Waals surface area (Å²) in [6, 6.07) is 10.9. The largest absolute Gasteiger partial charge is 0.493 e. The normalized spacial score (nSPS) is 18.8. The number of fused-ring (bicyclic) bond motifs is 1. The van der Waals surface area contributed by atoms with Gasteiger partial charge >= 0.3 is 0 Å². The lowest BCUT2D eigenvalue weighted by Gasteiger charge is -2.33. The van der Waals surface area contributed by atoms with Gasteiger partial charge in [0.15, 0.2) is 0 Å². The van der Waals surface area contributed by atoms with Gasteiger partial charge in [0.05, 0.1) is 25.9 Å². The minimum absolute atomic E-state index is 0.246. The van der Waals surface area contributed by atoms with Gasteiger partial charge in [0, 0.05) is 32.6 Å². The summed E-state index contributed by atoms with van der Waals surface area (Å²) >= 11 is 0. The van der Waals surface area contributed by atoms with Crippen molar-refractivity contribution in [3.05, 3.63) is 53.0 Å². The second-order valence-electron chi connectivity index (χ2n) is 6.78. The van der Waals surface area contributed by atoms with Crippen LogP contribution in [-0.4, -0.2) is 44.4 Å². The van der Waals surface area contributed by atoms with Crippen molar-refractivity contribution in [1.29, 1.82) is 0 Å². The summed E-state index contributed by atoms with van der Waals surface area (Å²) in [6.07, 6.45) is 1.02. The average molecular weight is 342 g/mol. The first-order chi connectivity index (χ1) is 12.3. The number of benzene rings is 1. The van der Waals surface area contributed by atoms with Crippen molar-refractivity contribution in [1.82, 2.24) is 10.2 Å². The van der Waals surface area contributed by atoms with Gasteiger partial charge in [0.1, 0.15) is 17.3 Å². The molecule has 0 aliphatic carbocycles. The number of rotatable bonds is 6. The molecule has 0 spiro atoms. The highest BCUT2D eigenvalue weighted by molar-refractivity contribution is 5.39. The Hall–Kier alpha value is -1.82. The molecule has 1 aromatic carbocycles. The molecule has 134 valence electrons. The van der Waals surface area contributed by atoms with Crippen LogP contribution in [0.4, 0.5) is 0 Å². The first kappa shape index (κ1) is 16.6. The number of furan rings is 1. The minimum Gasteiger partial charge on any atom is -0.493 e. The van der Waals surface area contributed by atoms with Crippen molar-refractivity contribution in [2.45, 2.75) is 25.9 Å². The molecule has 0 amide bonds. The van der Waals surface area contributed by atoms with Crippen molar-refractivity contribution in [2.75, 3.05) is 39.5 Å². The summed E-state index contributed by atoms with van der Waals surface area (Å²) in [7, 11) is 0. The van der Waals surface area contributed by atoms with Gasteiger partial charge in [-0.1, -0.05) is 12.1 Å². The number of nitrogens with one attached hydrogen (secondary N) is 1. The van der Waals surface area contributed by atoms with Crippen molar-refractivity contribution >= 4 is 0 Å². The molecule has 0 bridgehead atoms. The van der Waals surface area contributed by atoms with Crippen LogP contribution in [-0.2, 0) is 17.7 Å². The van der Waals surface area contributed by atoms with E-state index in [-0.39, 0.29) is 6.04 Å². The number of nitrogens with zero attached hydrogens (tertiary/aromatic N) is 1. The van der Waals surface area contributed by atoms with Gasteiger partial charge in [-0.15, -0.1) is 0 Å². The molecule has 0 saturated carbocycles. The summed E-state index contributed by atoms with van der Waals surface area (Å²) in [5, 5.41) is 3.61. The molecular formula is C20H26N2O3. The Labute approximate surface area is 148 Å². The van der Waals surface area contributed by atoms with Crippen molar-refractivity contribution < 1.29 is 13.9 Å². The van der Waals surface area contributed by atoms with Gasteiger partial charge in [0.25, 0.3) is 0 Å². The predicted octanol–water partition coefficient (Wildman–Crippen LogP) is 2.69. The molecule has 1 atom stereocenters. The van der Waals surface area contributed by atoms with Crippen LogP contribution in [0.5, 0.6) is 5.75 Å². The molecule has 0 radical (unpaired) electrons. The first-order valence-corrected chi connectivity index (χ1v) is 9.13. The van der Waals surface area contributed by atoms with Gasteiger partial charge in [-0.05, 0) is 36.2 Å².